The van der Waals surface area contributed by atoms with Gasteiger partial charge in [-0.15, -0.1) is 10.2 Å². The quantitative estimate of drug-likeness (QED) is 0.833. The first-order valence-electron chi connectivity index (χ1n) is 3.52. The second-order valence-corrected chi connectivity index (χ2v) is 4.57. The van der Waals surface area contributed by atoms with Crippen LogP contribution in [-0.4, -0.2) is 20.0 Å². The summed E-state index contributed by atoms with van der Waals surface area (Å²) in [6.07, 6.45) is 3.66. The molecule has 2 rings (SSSR count). The summed E-state index contributed by atoms with van der Waals surface area (Å²) in [5, 5.41) is 13.5. The summed E-state index contributed by atoms with van der Waals surface area (Å²) in [5.74, 6) is 0. The molecule has 0 saturated heterocycles. The predicted octanol–water partition coefficient (Wildman–Crippen LogP) is 0.787. The molecule has 2 heterocycles. The molecule has 2 aromatic heterocycles. The zero-order valence-corrected chi connectivity index (χ0v) is 9.49. The van der Waals surface area contributed by atoms with Crippen molar-refractivity contribution in [1.82, 2.24) is 20.0 Å². The second kappa shape index (κ2) is 3.68. The highest BCUT2D eigenvalue weighted by molar-refractivity contribution is 14.1. The minimum Gasteiger partial charge on any atom is -0.324 e. The molecule has 0 aliphatic carbocycles. The summed E-state index contributed by atoms with van der Waals surface area (Å²) in [5.41, 5.74) is 5.42. The van der Waals surface area contributed by atoms with E-state index in [9.17, 15) is 0 Å². The van der Waals surface area contributed by atoms with E-state index in [0.717, 1.165) is 13.7 Å². The maximum Gasteiger partial charge on any atom is 0.232 e. The van der Waals surface area contributed by atoms with Gasteiger partial charge in [0.25, 0.3) is 0 Å². The van der Waals surface area contributed by atoms with Crippen LogP contribution in [0.5, 0.6) is 0 Å². The Labute approximate surface area is 92.1 Å². The van der Waals surface area contributed by atoms with Crippen LogP contribution in [-0.2, 0) is 6.54 Å². The van der Waals surface area contributed by atoms with Crippen LogP contribution in [0.4, 0.5) is 0 Å². The Morgan fingerprint density at radius 2 is 2.38 bits per heavy atom. The van der Waals surface area contributed by atoms with Gasteiger partial charge in [0, 0.05) is 12.7 Å². The monoisotopic (exact) mass is 307 g/mol. The first-order chi connectivity index (χ1) is 6.29. The summed E-state index contributed by atoms with van der Waals surface area (Å²) >= 11 is 3.64. The van der Waals surface area contributed by atoms with Crippen LogP contribution in [0.2, 0.25) is 0 Å². The Hall–Kier alpha value is -0.540. The summed E-state index contributed by atoms with van der Waals surface area (Å²) in [7, 11) is 0. The molecule has 0 aliphatic heterocycles. The molecular weight excluding hydrogens is 301 g/mol. The highest BCUT2D eigenvalue weighted by Crippen LogP contribution is 2.14. The maximum absolute atomic E-state index is 5.42. The van der Waals surface area contributed by atoms with Gasteiger partial charge in [0.2, 0.25) is 5.13 Å². The van der Waals surface area contributed by atoms with Crippen molar-refractivity contribution in [3.8, 4) is 5.13 Å². The summed E-state index contributed by atoms with van der Waals surface area (Å²) in [6, 6.07) is 0. The molecule has 13 heavy (non-hydrogen) atoms. The van der Waals surface area contributed by atoms with Crippen molar-refractivity contribution in [2.24, 2.45) is 5.73 Å². The first kappa shape index (κ1) is 9.03. The zero-order chi connectivity index (χ0) is 9.26. The highest BCUT2D eigenvalue weighted by atomic mass is 127. The Kier molecular flexibility index (Phi) is 2.56. The minimum atomic E-state index is 0.427. The van der Waals surface area contributed by atoms with Gasteiger partial charge in [0.05, 0.1) is 9.77 Å². The fourth-order valence-corrected chi connectivity index (χ4v) is 1.86. The first-order valence-corrected chi connectivity index (χ1v) is 5.42. The fraction of sp³-hybridized carbons (Fsp3) is 0.167. The molecule has 68 valence electrons. The summed E-state index contributed by atoms with van der Waals surface area (Å²) < 4.78 is 2.76. The number of hydrogen-bond donors (Lipinski definition) is 1. The predicted molar refractivity (Wildman–Crippen MR) is 57.6 cm³/mol. The zero-order valence-electron chi connectivity index (χ0n) is 6.51. The number of nitrogens with two attached hydrogens (primary N) is 1. The van der Waals surface area contributed by atoms with E-state index in [1.165, 1.54) is 11.3 Å². The lowest BCUT2D eigenvalue weighted by atomic mass is 10.7. The molecule has 0 amide bonds. The van der Waals surface area contributed by atoms with Crippen molar-refractivity contribution in [3.63, 3.8) is 0 Å². The number of hydrogen-bond acceptors (Lipinski definition) is 5. The van der Waals surface area contributed by atoms with Crippen molar-refractivity contribution in [1.29, 1.82) is 0 Å². The maximum atomic E-state index is 5.42. The number of halogens is 1. The van der Waals surface area contributed by atoms with Gasteiger partial charge < -0.3 is 5.73 Å². The largest absolute Gasteiger partial charge is 0.324 e. The Morgan fingerprint density at radius 1 is 1.54 bits per heavy atom. The molecule has 0 atom stereocenters. The van der Waals surface area contributed by atoms with E-state index in [1.54, 1.807) is 10.9 Å². The Morgan fingerprint density at radius 3 is 2.92 bits per heavy atom. The molecular formula is C6H6IN5S. The lowest BCUT2D eigenvalue weighted by Gasteiger charge is -1.89. The van der Waals surface area contributed by atoms with Crippen LogP contribution in [0.1, 0.15) is 5.01 Å². The van der Waals surface area contributed by atoms with Crippen LogP contribution in [0, 0.1) is 3.57 Å². The van der Waals surface area contributed by atoms with Gasteiger partial charge in [0.15, 0.2) is 0 Å². The number of nitrogens with zero attached hydrogens (tertiary/aromatic N) is 4. The van der Waals surface area contributed by atoms with E-state index >= 15 is 0 Å². The van der Waals surface area contributed by atoms with Crippen molar-refractivity contribution < 1.29 is 0 Å². The molecule has 5 nitrogen and oxygen atoms in total. The van der Waals surface area contributed by atoms with E-state index in [1.807, 2.05) is 6.20 Å². The fourth-order valence-electron chi connectivity index (χ4n) is 0.825. The Balaban J connectivity index is 2.35. The summed E-state index contributed by atoms with van der Waals surface area (Å²) in [6.45, 7) is 0.427. The molecule has 0 saturated carbocycles. The van der Waals surface area contributed by atoms with Crippen molar-refractivity contribution in [2.75, 3.05) is 0 Å². The van der Waals surface area contributed by atoms with Gasteiger partial charge in [0.1, 0.15) is 5.01 Å². The third-order valence-corrected chi connectivity index (χ3v) is 2.87. The van der Waals surface area contributed by atoms with Crippen LogP contribution < -0.4 is 5.73 Å². The second-order valence-electron chi connectivity index (χ2n) is 2.29. The van der Waals surface area contributed by atoms with E-state index < -0.39 is 0 Å². The van der Waals surface area contributed by atoms with Crippen LogP contribution in [0.25, 0.3) is 5.13 Å². The SMILES string of the molecule is NCc1nnc(-n2cc(I)cn2)s1. The molecule has 0 radical (unpaired) electrons. The molecule has 0 aliphatic rings. The smallest absolute Gasteiger partial charge is 0.232 e. The Bertz CT molecular complexity index is 409. The van der Waals surface area contributed by atoms with Crippen molar-refractivity contribution in [2.45, 2.75) is 6.54 Å². The van der Waals surface area contributed by atoms with E-state index in [0.29, 0.717) is 6.54 Å². The average Bonchev–Trinajstić information content (AvgIpc) is 2.71. The lowest BCUT2D eigenvalue weighted by molar-refractivity contribution is 0.838. The van der Waals surface area contributed by atoms with E-state index in [2.05, 4.69) is 37.9 Å². The third-order valence-electron chi connectivity index (χ3n) is 1.38. The third kappa shape index (κ3) is 1.86. The van der Waals surface area contributed by atoms with E-state index in [4.69, 9.17) is 5.73 Å². The number of aromatic nitrogens is 4. The van der Waals surface area contributed by atoms with Gasteiger partial charge in [-0.2, -0.15) is 5.10 Å². The molecule has 0 fully saturated rings. The minimum absolute atomic E-state index is 0.427. The molecule has 2 N–H and O–H groups in total. The number of rotatable bonds is 2. The van der Waals surface area contributed by atoms with Gasteiger partial charge in [-0.1, -0.05) is 11.3 Å². The average molecular weight is 307 g/mol. The van der Waals surface area contributed by atoms with E-state index in [-0.39, 0.29) is 0 Å². The molecule has 0 bridgehead atoms. The van der Waals surface area contributed by atoms with Gasteiger partial charge in [-0.25, -0.2) is 4.68 Å². The van der Waals surface area contributed by atoms with Crippen LogP contribution in [0.15, 0.2) is 12.4 Å². The molecule has 0 aromatic carbocycles. The van der Waals surface area contributed by atoms with Crippen molar-refractivity contribution >= 4 is 33.9 Å². The van der Waals surface area contributed by atoms with Gasteiger partial charge in [-0.3, -0.25) is 0 Å². The lowest BCUT2D eigenvalue weighted by Crippen LogP contribution is -1.94. The standard InChI is InChI=1S/C6H6IN5S/c7-4-2-9-12(3-4)6-11-10-5(1-8)13-6/h2-3H,1,8H2. The summed E-state index contributed by atoms with van der Waals surface area (Å²) in [4.78, 5) is 0. The topological polar surface area (TPSA) is 69.6 Å². The van der Waals surface area contributed by atoms with Gasteiger partial charge in [-0.05, 0) is 22.6 Å². The van der Waals surface area contributed by atoms with Crippen LogP contribution in [0.3, 0.4) is 0 Å². The van der Waals surface area contributed by atoms with Gasteiger partial charge >= 0.3 is 0 Å². The molecule has 0 spiro atoms. The normalized spacial score (nSPS) is 10.6. The molecule has 0 unspecified atom stereocenters. The van der Waals surface area contributed by atoms with Crippen molar-refractivity contribution in [3.05, 3.63) is 21.0 Å². The van der Waals surface area contributed by atoms with Crippen LogP contribution >= 0.6 is 33.9 Å². The molecule has 7 heteroatoms. The molecule has 2 aromatic rings. The highest BCUT2D eigenvalue weighted by Gasteiger charge is 2.05.